The number of H-pyrrole nitrogens is 1. The Morgan fingerprint density at radius 3 is 2.05 bits per heavy atom. The maximum Gasteiger partial charge on any atom is 0.235 e. The van der Waals surface area contributed by atoms with E-state index in [0.29, 0.717) is 13.2 Å². The molecule has 1 unspecified atom stereocenters. The standard InChI is InChI=1S/C39H34N2O3/c1-43-32-21-22-35-34(25-32)33-23-24-41(39(42)36(28-13-7-3-8-14-28)29-15-9-4-10-16-29)38(37(33)40-35)30-17-19-31(20-18-30)44-26-27-11-5-2-6-12-27/h2-22,25,36,38,40H,23-24,26H2,1H3. The van der Waals surface area contributed by atoms with Crippen LogP contribution in [-0.4, -0.2) is 29.4 Å². The summed E-state index contributed by atoms with van der Waals surface area (Å²) in [6, 6.07) is 44.4. The van der Waals surface area contributed by atoms with Crippen LogP contribution in [0.15, 0.2) is 133 Å². The average Bonchev–Trinajstić information content (AvgIpc) is 3.46. The van der Waals surface area contributed by atoms with Gasteiger partial charge in [-0.25, -0.2) is 0 Å². The SMILES string of the molecule is COc1ccc2[nH]c3c(c2c1)CCN(C(=O)C(c1ccccc1)c1ccccc1)C3c1ccc(OCc2ccccc2)cc1. The van der Waals surface area contributed by atoms with Gasteiger partial charge in [-0.15, -0.1) is 0 Å². The number of ether oxygens (including phenoxy) is 2. The number of aromatic amines is 1. The highest BCUT2D eigenvalue weighted by Gasteiger charge is 2.38. The quantitative estimate of drug-likeness (QED) is 0.199. The molecule has 1 atom stereocenters. The maximum absolute atomic E-state index is 14.8. The van der Waals surface area contributed by atoms with E-state index in [1.165, 1.54) is 5.56 Å². The van der Waals surface area contributed by atoms with Gasteiger partial charge in [0.15, 0.2) is 0 Å². The molecule has 0 fully saturated rings. The first-order valence-corrected chi connectivity index (χ1v) is 15.0. The van der Waals surface area contributed by atoms with Crippen LogP contribution in [0.25, 0.3) is 10.9 Å². The Balaban J connectivity index is 1.29. The molecule has 7 rings (SSSR count). The molecule has 0 radical (unpaired) electrons. The van der Waals surface area contributed by atoms with Crippen molar-refractivity contribution in [1.82, 2.24) is 9.88 Å². The van der Waals surface area contributed by atoms with Gasteiger partial charge < -0.3 is 19.4 Å². The largest absolute Gasteiger partial charge is 0.497 e. The van der Waals surface area contributed by atoms with Gasteiger partial charge in [-0.2, -0.15) is 0 Å². The fourth-order valence-corrected chi connectivity index (χ4v) is 6.40. The number of fused-ring (bicyclic) bond motifs is 3. The lowest BCUT2D eigenvalue weighted by atomic mass is 9.86. The van der Waals surface area contributed by atoms with Crippen LogP contribution in [-0.2, 0) is 17.8 Å². The molecule has 0 saturated carbocycles. The molecule has 5 heteroatoms. The number of aromatic nitrogens is 1. The van der Waals surface area contributed by atoms with E-state index in [0.717, 1.165) is 56.8 Å². The van der Waals surface area contributed by atoms with Gasteiger partial charge in [0.25, 0.3) is 0 Å². The van der Waals surface area contributed by atoms with Crippen molar-refractivity contribution in [3.8, 4) is 11.5 Å². The number of rotatable bonds is 8. The number of carbonyl (C=O) groups is 1. The molecule has 0 spiro atoms. The lowest BCUT2D eigenvalue weighted by Gasteiger charge is -2.38. The minimum atomic E-state index is -0.417. The van der Waals surface area contributed by atoms with E-state index in [1.54, 1.807) is 7.11 Å². The number of hydrogen-bond donors (Lipinski definition) is 1. The van der Waals surface area contributed by atoms with Crippen LogP contribution in [0.3, 0.4) is 0 Å². The van der Waals surface area contributed by atoms with Crippen molar-refractivity contribution in [2.45, 2.75) is 25.0 Å². The van der Waals surface area contributed by atoms with Crippen molar-refractivity contribution in [2.24, 2.45) is 0 Å². The maximum atomic E-state index is 14.8. The van der Waals surface area contributed by atoms with Gasteiger partial charge in [0.1, 0.15) is 18.1 Å². The van der Waals surface area contributed by atoms with Crippen LogP contribution in [0.1, 0.15) is 45.5 Å². The monoisotopic (exact) mass is 578 g/mol. The van der Waals surface area contributed by atoms with Crippen molar-refractivity contribution in [2.75, 3.05) is 13.7 Å². The Bertz CT molecular complexity index is 1830. The zero-order valence-electron chi connectivity index (χ0n) is 24.6. The summed E-state index contributed by atoms with van der Waals surface area (Å²) in [5, 5.41) is 1.14. The first kappa shape index (κ1) is 27.5. The Kier molecular flexibility index (Phi) is 7.60. The zero-order chi connectivity index (χ0) is 29.9. The molecule has 1 aliphatic rings. The van der Waals surface area contributed by atoms with Crippen LogP contribution in [0.4, 0.5) is 0 Å². The van der Waals surface area contributed by atoms with Crippen molar-refractivity contribution >= 4 is 16.8 Å². The predicted molar refractivity (Wildman–Crippen MR) is 174 cm³/mol. The predicted octanol–water partition coefficient (Wildman–Crippen LogP) is 8.06. The third-order valence-electron chi connectivity index (χ3n) is 8.57. The molecule has 0 saturated heterocycles. The summed E-state index contributed by atoms with van der Waals surface area (Å²) in [4.78, 5) is 20.6. The number of hydrogen-bond acceptors (Lipinski definition) is 3. The molecule has 44 heavy (non-hydrogen) atoms. The second kappa shape index (κ2) is 12.1. The van der Waals surface area contributed by atoms with Crippen molar-refractivity contribution in [1.29, 1.82) is 0 Å². The normalized spacial score (nSPS) is 14.4. The number of nitrogens with zero attached hydrogens (tertiary/aromatic N) is 1. The number of carbonyl (C=O) groups excluding carboxylic acids is 1. The molecular weight excluding hydrogens is 544 g/mol. The highest BCUT2D eigenvalue weighted by molar-refractivity contribution is 5.90. The molecule has 5 nitrogen and oxygen atoms in total. The molecule has 5 aromatic carbocycles. The number of nitrogens with one attached hydrogen (secondary N) is 1. The van der Waals surface area contributed by atoms with E-state index < -0.39 is 5.92 Å². The van der Waals surface area contributed by atoms with Gasteiger partial charge in [-0.05, 0) is 64.6 Å². The van der Waals surface area contributed by atoms with E-state index in [2.05, 4.69) is 46.3 Å². The minimum absolute atomic E-state index is 0.0821. The van der Waals surface area contributed by atoms with Crippen LogP contribution < -0.4 is 9.47 Å². The highest BCUT2D eigenvalue weighted by atomic mass is 16.5. The van der Waals surface area contributed by atoms with E-state index in [1.807, 2.05) is 97.1 Å². The second-order valence-corrected chi connectivity index (χ2v) is 11.2. The van der Waals surface area contributed by atoms with Crippen LogP contribution in [0.2, 0.25) is 0 Å². The Hall–Kier alpha value is -5.29. The van der Waals surface area contributed by atoms with E-state index >= 15 is 0 Å². The Morgan fingerprint density at radius 2 is 1.41 bits per heavy atom. The van der Waals surface area contributed by atoms with Gasteiger partial charge in [0, 0.05) is 23.1 Å². The average molecular weight is 579 g/mol. The fourth-order valence-electron chi connectivity index (χ4n) is 6.40. The Labute approximate surface area is 257 Å². The van der Waals surface area contributed by atoms with Crippen molar-refractivity contribution < 1.29 is 14.3 Å². The molecule has 0 bridgehead atoms. The van der Waals surface area contributed by atoms with Crippen molar-refractivity contribution in [3.05, 3.63) is 167 Å². The lowest BCUT2D eigenvalue weighted by molar-refractivity contribution is -0.134. The van der Waals surface area contributed by atoms with Crippen LogP contribution >= 0.6 is 0 Å². The van der Waals surface area contributed by atoms with Gasteiger partial charge in [-0.3, -0.25) is 4.79 Å². The van der Waals surface area contributed by atoms with E-state index in [-0.39, 0.29) is 11.9 Å². The molecule has 2 heterocycles. The third kappa shape index (κ3) is 5.33. The van der Waals surface area contributed by atoms with Gasteiger partial charge >= 0.3 is 0 Å². The second-order valence-electron chi connectivity index (χ2n) is 11.2. The van der Waals surface area contributed by atoms with Crippen LogP contribution in [0, 0.1) is 0 Å². The molecule has 0 aliphatic carbocycles. The number of methoxy groups -OCH3 is 1. The van der Waals surface area contributed by atoms with E-state index in [9.17, 15) is 4.79 Å². The summed E-state index contributed by atoms with van der Waals surface area (Å²) in [6.07, 6.45) is 0.749. The molecule has 1 amide bonds. The number of amides is 1. The first-order chi connectivity index (χ1) is 21.7. The summed E-state index contributed by atoms with van der Waals surface area (Å²) in [7, 11) is 1.69. The van der Waals surface area contributed by atoms with E-state index in [4.69, 9.17) is 9.47 Å². The molecule has 1 N–H and O–H groups in total. The molecule has 218 valence electrons. The lowest BCUT2D eigenvalue weighted by Crippen LogP contribution is -2.43. The Morgan fingerprint density at radius 1 is 0.795 bits per heavy atom. The van der Waals surface area contributed by atoms with Gasteiger partial charge in [0.2, 0.25) is 5.91 Å². The molecule has 6 aromatic rings. The summed E-state index contributed by atoms with van der Waals surface area (Å²) >= 11 is 0. The fraction of sp³-hybridized carbons (Fsp3) is 0.154. The van der Waals surface area contributed by atoms with Gasteiger partial charge in [-0.1, -0.05) is 103 Å². The minimum Gasteiger partial charge on any atom is -0.497 e. The highest BCUT2D eigenvalue weighted by Crippen LogP contribution is 2.42. The number of benzene rings is 5. The summed E-state index contributed by atoms with van der Waals surface area (Å²) in [5.74, 6) is 1.28. The van der Waals surface area contributed by atoms with Crippen LogP contribution in [0.5, 0.6) is 11.5 Å². The molecule has 1 aliphatic heterocycles. The third-order valence-corrected chi connectivity index (χ3v) is 8.57. The molecular formula is C39H34N2O3. The topological polar surface area (TPSA) is 54.6 Å². The summed E-state index contributed by atoms with van der Waals surface area (Å²) in [5.41, 5.74) is 7.44. The summed E-state index contributed by atoms with van der Waals surface area (Å²) in [6.45, 7) is 1.10. The van der Waals surface area contributed by atoms with Gasteiger partial charge in [0.05, 0.1) is 19.1 Å². The van der Waals surface area contributed by atoms with Crippen molar-refractivity contribution in [3.63, 3.8) is 0 Å². The smallest absolute Gasteiger partial charge is 0.235 e. The zero-order valence-corrected chi connectivity index (χ0v) is 24.6. The first-order valence-electron chi connectivity index (χ1n) is 15.0. The summed E-state index contributed by atoms with van der Waals surface area (Å²) < 4.78 is 11.7. The molecule has 1 aromatic heterocycles.